The number of rotatable bonds is 7. The molecule has 1 aromatic heterocycles. The second-order valence-electron chi connectivity index (χ2n) is 5.56. The third-order valence-corrected chi connectivity index (χ3v) is 4.18. The van der Waals surface area contributed by atoms with E-state index in [1.807, 2.05) is 6.07 Å². The van der Waals surface area contributed by atoms with Crippen LogP contribution >= 0.6 is 23.2 Å². The fourth-order valence-electron chi connectivity index (χ4n) is 2.34. The van der Waals surface area contributed by atoms with Gasteiger partial charge in [0.05, 0.1) is 18.3 Å². The lowest BCUT2D eigenvalue weighted by Gasteiger charge is -2.08. The number of hydrogen-bond donors (Lipinski definition) is 1. The Labute approximate surface area is 171 Å². The van der Waals surface area contributed by atoms with Crippen molar-refractivity contribution >= 4 is 35.3 Å². The summed E-state index contributed by atoms with van der Waals surface area (Å²) in [5.41, 5.74) is 3.08. The van der Waals surface area contributed by atoms with Gasteiger partial charge in [-0.25, -0.2) is 5.43 Å². The van der Waals surface area contributed by atoms with E-state index in [1.54, 1.807) is 48.5 Å². The molecule has 0 aliphatic rings. The van der Waals surface area contributed by atoms with Crippen molar-refractivity contribution in [3.8, 4) is 22.8 Å². The molecule has 0 saturated carbocycles. The summed E-state index contributed by atoms with van der Waals surface area (Å²) in [6.45, 7) is -0.207. The molecule has 3 aromatic rings. The van der Waals surface area contributed by atoms with Crippen LogP contribution in [0.15, 0.2) is 64.1 Å². The van der Waals surface area contributed by atoms with Crippen LogP contribution in [0, 0.1) is 0 Å². The van der Waals surface area contributed by atoms with Crippen LogP contribution in [0.5, 0.6) is 11.5 Å². The molecular formula is C20H16Cl2N2O4. The van der Waals surface area contributed by atoms with Gasteiger partial charge in [0.1, 0.15) is 11.5 Å². The van der Waals surface area contributed by atoms with Crippen LogP contribution in [-0.4, -0.2) is 25.8 Å². The number of hydrogen-bond acceptors (Lipinski definition) is 5. The lowest BCUT2D eigenvalue weighted by Crippen LogP contribution is -2.24. The number of carbonyl (C=O) groups excluding carboxylic acids is 1. The molecule has 0 spiro atoms. The molecule has 0 unspecified atom stereocenters. The number of benzene rings is 2. The standard InChI is InChI=1S/C20H16Cl2N2O4/c1-26-18-4-2-3-5-19(18)27-12-20(25)24-23-11-14-7-9-17(28-14)15-8-6-13(21)10-16(15)22/h2-11H,12H2,1H3,(H,24,25)/b23-11+. The minimum atomic E-state index is -0.422. The first-order valence-corrected chi connectivity index (χ1v) is 8.95. The van der Waals surface area contributed by atoms with Crippen molar-refractivity contribution in [2.75, 3.05) is 13.7 Å². The summed E-state index contributed by atoms with van der Waals surface area (Å²) in [6.07, 6.45) is 1.38. The SMILES string of the molecule is COc1ccccc1OCC(=O)N/N=C/c1ccc(-c2ccc(Cl)cc2Cl)o1. The number of furan rings is 1. The lowest BCUT2D eigenvalue weighted by molar-refractivity contribution is -0.123. The summed E-state index contributed by atoms with van der Waals surface area (Å²) in [7, 11) is 1.53. The van der Waals surface area contributed by atoms with Gasteiger partial charge in [-0.1, -0.05) is 35.3 Å². The monoisotopic (exact) mass is 418 g/mol. The zero-order valence-electron chi connectivity index (χ0n) is 14.8. The summed E-state index contributed by atoms with van der Waals surface area (Å²) in [5.74, 6) is 1.61. The predicted molar refractivity (Wildman–Crippen MR) is 108 cm³/mol. The van der Waals surface area contributed by atoms with Crippen molar-refractivity contribution in [3.63, 3.8) is 0 Å². The van der Waals surface area contributed by atoms with Gasteiger partial charge in [-0.15, -0.1) is 0 Å². The average Bonchev–Trinajstić information content (AvgIpc) is 3.15. The van der Waals surface area contributed by atoms with Crippen molar-refractivity contribution in [3.05, 3.63) is 70.4 Å². The Balaban J connectivity index is 1.55. The van der Waals surface area contributed by atoms with E-state index < -0.39 is 5.91 Å². The number of hydrazone groups is 1. The quantitative estimate of drug-likeness (QED) is 0.442. The van der Waals surface area contributed by atoms with Gasteiger partial charge in [0.2, 0.25) is 0 Å². The van der Waals surface area contributed by atoms with Crippen molar-refractivity contribution in [1.29, 1.82) is 0 Å². The summed E-state index contributed by atoms with van der Waals surface area (Å²) >= 11 is 12.1. The number of amides is 1. The fraction of sp³-hybridized carbons (Fsp3) is 0.100. The molecule has 2 aromatic carbocycles. The number of carbonyl (C=O) groups is 1. The topological polar surface area (TPSA) is 73.1 Å². The van der Waals surface area contributed by atoms with E-state index in [2.05, 4.69) is 10.5 Å². The summed E-state index contributed by atoms with van der Waals surface area (Å²) in [6, 6.07) is 15.6. The number of ether oxygens (including phenoxy) is 2. The molecule has 1 heterocycles. The molecule has 1 N–H and O–H groups in total. The predicted octanol–water partition coefficient (Wildman–Crippen LogP) is 4.79. The molecule has 8 heteroatoms. The zero-order chi connectivity index (χ0) is 19.9. The second kappa shape index (κ2) is 9.30. The van der Waals surface area contributed by atoms with Gasteiger partial charge >= 0.3 is 0 Å². The zero-order valence-corrected chi connectivity index (χ0v) is 16.3. The van der Waals surface area contributed by atoms with E-state index in [0.29, 0.717) is 38.6 Å². The Morgan fingerprint density at radius 3 is 2.68 bits per heavy atom. The van der Waals surface area contributed by atoms with Gasteiger partial charge < -0.3 is 13.9 Å². The Bertz CT molecular complexity index is 1000. The smallest absolute Gasteiger partial charge is 0.277 e. The number of nitrogens with zero attached hydrogens (tertiary/aromatic N) is 1. The fourth-order valence-corrected chi connectivity index (χ4v) is 2.84. The van der Waals surface area contributed by atoms with Gasteiger partial charge in [0.25, 0.3) is 5.91 Å². The maximum absolute atomic E-state index is 11.9. The van der Waals surface area contributed by atoms with E-state index in [9.17, 15) is 4.79 Å². The summed E-state index contributed by atoms with van der Waals surface area (Å²) in [4.78, 5) is 11.9. The highest BCUT2D eigenvalue weighted by molar-refractivity contribution is 6.36. The highest BCUT2D eigenvalue weighted by atomic mass is 35.5. The molecule has 0 bridgehead atoms. The van der Waals surface area contributed by atoms with Gasteiger partial charge in [0, 0.05) is 10.6 Å². The second-order valence-corrected chi connectivity index (χ2v) is 6.40. The van der Waals surface area contributed by atoms with Crippen LogP contribution in [0.4, 0.5) is 0 Å². The van der Waals surface area contributed by atoms with Crippen molar-refractivity contribution in [2.24, 2.45) is 5.10 Å². The molecule has 0 atom stereocenters. The van der Waals surface area contributed by atoms with Gasteiger partial charge in [-0.05, 0) is 42.5 Å². The van der Waals surface area contributed by atoms with Gasteiger partial charge in [0.15, 0.2) is 18.1 Å². The molecule has 0 aliphatic carbocycles. The molecule has 144 valence electrons. The molecule has 0 aliphatic heterocycles. The summed E-state index contributed by atoms with van der Waals surface area (Å²) in [5, 5.41) is 4.88. The highest BCUT2D eigenvalue weighted by Gasteiger charge is 2.09. The van der Waals surface area contributed by atoms with Crippen molar-refractivity contribution in [1.82, 2.24) is 5.43 Å². The third-order valence-electron chi connectivity index (χ3n) is 3.63. The number of nitrogens with one attached hydrogen (secondary N) is 1. The van der Waals surface area contributed by atoms with Crippen LogP contribution in [0.1, 0.15) is 5.76 Å². The number of para-hydroxylation sites is 2. The van der Waals surface area contributed by atoms with Gasteiger partial charge in [-0.2, -0.15) is 5.10 Å². The van der Waals surface area contributed by atoms with E-state index in [1.165, 1.54) is 13.3 Å². The minimum Gasteiger partial charge on any atom is -0.493 e. The maximum Gasteiger partial charge on any atom is 0.277 e. The Morgan fingerprint density at radius 1 is 1.14 bits per heavy atom. The first kappa shape index (κ1) is 19.8. The van der Waals surface area contributed by atoms with E-state index in [4.69, 9.17) is 37.1 Å². The number of methoxy groups -OCH3 is 1. The van der Waals surface area contributed by atoms with E-state index in [-0.39, 0.29) is 6.61 Å². The van der Waals surface area contributed by atoms with E-state index in [0.717, 1.165) is 0 Å². The van der Waals surface area contributed by atoms with Crippen molar-refractivity contribution < 1.29 is 18.7 Å². The van der Waals surface area contributed by atoms with Crippen LogP contribution in [0.25, 0.3) is 11.3 Å². The molecule has 0 fully saturated rings. The first-order valence-electron chi connectivity index (χ1n) is 8.20. The lowest BCUT2D eigenvalue weighted by atomic mass is 10.2. The Hall–Kier alpha value is -2.96. The number of halogens is 2. The first-order chi connectivity index (χ1) is 13.6. The Kier molecular flexibility index (Phi) is 6.57. The molecule has 0 saturated heterocycles. The van der Waals surface area contributed by atoms with Gasteiger partial charge in [-0.3, -0.25) is 4.79 Å². The maximum atomic E-state index is 11.9. The largest absolute Gasteiger partial charge is 0.493 e. The molecule has 6 nitrogen and oxygen atoms in total. The molecule has 3 rings (SSSR count). The highest BCUT2D eigenvalue weighted by Crippen LogP contribution is 2.31. The molecule has 28 heavy (non-hydrogen) atoms. The minimum absolute atomic E-state index is 0.207. The average molecular weight is 419 g/mol. The molecule has 0 radical (unpaired) electrons. The molecule has 1 amide bonds. The van der Waals surface area contributed by atoms with E-state index >= 15 is 0 Å². The normalized spacial score (nSPS) is 10.8. The molecular weight excluding hydrogens is 403 g/mol. The van der Waals surface area contributed by atoms with Crippen LogP contribution in [0.3, 0.4) is 0 Å². The Morgan fingerprint density at radius 2 is 1.93 bits per heavy atom. The van der Waals surface area contributed by atoms with Crippen molar-refractivity contribution in [2.45, 2.75) is 0 Å². The van der Waals surface area contributed by atoms with Crippen LogP contribution < -0.4 is 14.9 Å². The summed E-state index contributed by atoms with van der Waals surface area (Å²) < 4.78 is 16.2. The van der Waals surface area contributed by atoms with Crippen LogP contribution in [0.2, 0.25) is 10.0 Å². The van der Waals surface area contributed by atoms with Crippen LogP contribution in [-0.2, 0) is 4.79 Å². The third kappa shape index (κ3) is 5.06.